The Labute approximate surface area is 116 Å². The maximum Gasteiger partial charge on any atom is 0.311 e. The van der Waals surface area contributed by atoms with Gasteiger partial charge in [0.25, 0.3) is 5.89 Å². The molecule has 0 spiro atoms. The Morgan fingerprint density at radius 2 is 2.10 bits per heavy atom. The number of rotatable bonds is 5. The summed E-state index contributed by atoms with van der Waals surface area (Å²) in [5, 5.41) is 7.42. The maximum atomic E-state index is 13.6. The highest BCUT2D eigenvalue weighted by molar-refractivity contribution is 5.89. The summed E-state index contributed by atoms with van der Waals surface area (Å²) in [5.41, 5.74) is 0.190. The zero-order valence-corrected chi connectivity index (χ0v) is 11.5. The number of benzene rings is 1. The van der Waals surface area contributed by atoms with Crippen molar-refractivity contribution in [1.29, 1.82) is 0 Å². The fraction of sp³-hybridized carbons (Fsp3) is 0.357. The largest absolute Gasteiger partial charge is 0.412 e. The lowest BCUT2D eigenvalue weighted by molar-refractivity contribution is 0.0754. The van der Waals surface area contributed by atoms with Crippen LogP contribution in [0.15, 0.2) is 28.7 Å². The molecule has 0 bridgehead atoms. The van der Waals surface area contributed by atoms with Crippen LogP contribution >= 0.6 is 0 Å². The molecule has 0 radical (unpaired) electrons. The summed E-state index contributed by atoms with van der Waals surface area (Å²) in [4.78, 5) is 13.5. The van der Waals surface area contributed by atoms with Gasteiger partial charge in [-0.2, -0.15) is 0 Å². The van der Waals surface area contributed by atoms with Gasteiger partial charge >= 0.3 is 11.8 Å². The molecule has 0 aliphatic heterocycles. The Balaban J connectivity index is 2.17. The third-order valence-corrected chi connectivity index (χ3v) is 2.91. The first-order valence-corrected chi connectivity index (χ1v) is 6.47. The van der Waals surface area contributed by atoms with E-state index >= 15 is 0 Å². The quantitative estimate of drug-likeness (QED) is 0.843. The number of unbranched alkanes of at least 4 members (excludes halogenated alkanes) is 1. The van der Waals surface area contributed by atoms with E-state index in [-0.39, 0.29) is 23.3 Å². The summed E-state index contributed by atoms with van der Waals surface area (Å²) in [7, 11) is 1.67. The molecule has 2 rings (SSSR count). The second-order valence-electron chi connectivity index (χ2n) is 4.47. The fourth-order valence-electron chi connectivity index (χ4n) is 1.71. The molecule has 5 nitrogen and oxygen atoms in total. The minimum atomic E-state index is -0.463. The van der Waals surface area contributed by atoms with E-state index in [1.165, 1.54) is 17.0 Å². The predicted octanol–water partition coefficient (Wildman–Crippen LogP) is 2.75. The van der Waals surface area contributed by atoms with E-state index in [2.05, 4.69) is 10.2 Å². The number of nitrogens with zero attached hydrogens (tertiary/aromatic N) is 3. The molecule has 20 heavy (non-hydrogen) atoms. The van der Waals surface area contributed by atoms with Crippen molar-refractivity contribution in [2.24, 2.45) is 0 Å². The van der Waals surface area contributed by atoms with Crippen molar-refractivity contribution < 1.29 is 13.6 Å². The van der Waals surface area contributed by atoms with Crippen LogP contribution in [0.1, 0.15) is 30.5 Å². The second kappa shape index (κ2) is 6.27. The molecule has 2 aromatic rings. The highest BCUT2D eigenvalue weighted by atomic mass is 19.1. The molecule has 0 fully saturated rings. The summed E-state index contributed by atoms with van der Waals surface area (Å²) in [5.74, 6) is -0.930. The lowest BCUT2D eigenvalue weighted by atomic mass is 10.2. The van der Waals surface area contributed by atoms with Crippen LogP contribution in [-0.4, -0.2) is 34.6 Å². The van der Waals surface area contributed by atoms with Gasteiger partial charge in [-0.05, 0) is 18.6 Å². The molecule has 1 aromatic heterocycles. The van der Waals surface area contributed by atoms with Crippen LogP contribution in [0.3, 0.4) is 0 Å². The fourth-order valence-corrected chi connectivity index (χ4v) is 1.71. The third-order valence-electron chi connectivity index (χ3n) is 2.91. The first-order valence-electron chi connectivity index (χ1n) is 6.47. The summed E-state index contributed by atoms with van der Waals surface area (Å²) in [6.45, 7) is 2.66. The topological polar surface area (TPSA) is 59.2 Å². The monoisotopic (exact) mass is 277 g/mol. The van der Waals surface area contributed by atoms with Crippen LogP contribution in [0.5, 0.6) is 0 Å². The lowest BCUT2D eigenvalue weighted by Gasteiger charge is -2.13. The molecular formula is C14H16FN3O2. The summed E-state index contributed by atoms with van der Waals surface area (Å²) in [6, 6.07) is 6.06. The van der Waals surface area contributed by atoms with Gasteiger partial charge in [-0.3, -0.25) is 4.79 Å². The van der Waals surface area contributed by atoms with Crippen molar-refractivity contribution in [2.75, 3.05) is 13.6 Å². The molecule has 0 atom stereocenters. The summed E-state index contributed by atoms with van der Waals surface area (Å²) < 4.78 is 18.8. The van der Waals surface area contributed by atoms with Crippen molar-refractivity contribution in [1.82, 2.24) is 15.1 Å². The number of carbonyl (C=O) groups excluding carboxylic acids is 1. The van der Waals surface area contributed by atoms with Crippen molar-refractivity contribution in [3.8, 4) is 11.5 Å². The van der Waals surface area contributed by atoms with Gasteiger partial charge in [0.05, 0.1) is 5.56 Å². The smallest absolute Gasteiger partial charge is 0.311 e. The summed E-state index contributed by atoms with van der Waals surface area (Å²) in [6.07, 6.45) is 1.89. The van der Waals surface area contributed by atoms with E-state index in [1.54, 1.807) is 19.2 Å². The van der Waals surface area contributed by atoms with E-state index in [0.717, 1.165) is 12.8 Å². The molecule has 106 valence electrons. The van der Waals surface area contributed by atoms with Gasteiger partial charge in [-0.25, -0.2) is 4.39 Å². The zero-order valence-electron chi connectivity index (χ0n) is 11.5. The van der Waals surface area contributed by atoms with Gasteiger partial charge in [-0.15, -0.1) is 10.2 Å². The van der Waals surface area contributed by atoms with Gasteiger partial charge in [0, 0.05) is 13.6 Å². The zero-order chi connectivity index (χ0) is 14.5. The Morgan fingerprint density at radius 1 is 1.35 bits per heavy atom. The average molecular weight is 277 g/mol. The normalized spacial score (nSPS) is 10.6. The first-order chi connectivity index (χ1) is 9.63. The van der Waals surface area contributed by atoms with Crippen LogP contribution in [0, 0.1) is 5.82 Å². The molecule has 0 aliphatic carbocycles. The highest BCUT2D eigenvalue weighted by Gasteiger charge is 2.20. The van der Waals surface area contributed by atoms with Gasteiger partial charge in [0.1, 0.15) is 5.82 Å². The van der Waals surface area contributed by atoms with Crippen molar-refractivity contribution in [3.63, 3.8) is 0 Å². The van der Waals surface area contributed by atoms with Gasteiger partial charge in [0.15, 0.2) is 0 Å². The third kappa shape index (κ3) is 3.01. The standard InChI is InChI=1S/C14H16FN3O2/c1-3-4-9-18(2)14(19)13-17-16-12(20-13)10-7-5-6-8-11(10)15/h5-8H,3-4,9H2,1-2H3. The van der Waals surface area contributed by atoms with Gasteiger partial charge in [-0.1, -0.05) is 25.5 Å². The molecule has 0 N–H and O–H groups in total. The molecule has 1 amide bonds. The van der Waals surface area contributed by atoms with Gasteiger partial charge < -0.3 is 9.32 Å². The predicted molar refractivity (Wildman–Crippen MR) is 71.6 cm³/mol. The molecule has 0 saturated heterocycles. The number of carbonyl (C=O) groups is 1. The van der Waals surface area contributed by atoms with Crippen LogP contribution in [0.2, 0.25) is 0 Å². The SMILES string of the molecule is CCCCN(C)C(=O)c1nnc(-c2ccccc2F)o1. The van der Waals surface area contributed by atoms with E-state index in [9.17, 15) is 9.18 Å². The van der Waals surface area contributed by atoms with E-state index in [4.69, 9.17) is 4.42 Å². The molecule has 1 aromatic carbocycles. The van der Waals surface area contributed by atoms with Crippen LogP contribution in [0.4, 0.5) is 4.39 Å². The molecule has 0 saturated carbocycles. The summed E-state index contributed by atoms with van der Waals surface area (Å²) >= 11 is 0. The first kappa shape index (κ1) is 14.2. The van der Waals surface area contributed by atoms with Crippen molar-refractivity contribution >= 4 is 5.91 Å². The van der Waals surface area contributed by atoms with E-state index < -0.39 is 5.82 Å². The molecule has 0 aliphatic rings. The Hall–Kier alpha value is -2.24. The molecule has 1 heterocycles. The number of hydrogen-bond donors (Lipinski definition) is 0. The number of aromatic nitrogens is 2. The number of amides is 1. The van der Waals surface area contributed by atoms with Gasteiger partial charge in [0.2, 0.25) is 0 Å². The highest BCUT2D eigenvalue weighted by Crippen LogP contribution is 2.21. The van der Waals surface area contributed by atoms with E-state index in [0.29, 0.717) is 6.54 Å². The Bertz CT molecular complexity index is 598. The van der Waals surface area contributed by atoms with E-state index in [1.807, 2.05) is 6.92 Å². The van der Waals surface area contributed by atoms with Crippen LogP contribution < -0.4 is 0 Å². The average Bonchev–Trinajstić information content (AvgIpc) is 2.94. The minimum absolute atomic E-state index is 0.00958. The van der Waals surface area contributed by atoms with Crippen LogP contribution in [0.25, 0.3) is 11.5 Å². The second-order valence-corrected chi connectivity index (χ2v) is 4.47. The minimum Gasteiger partial charge on any atom is -0.412 e. The maximum absolute atomic E-state index is 13.6. The number of hydrogen-bond acceptors (Lipinski definition) is 4. The van der Waals surface area contributed by atoms with Crippen LogP contribution in [-0.2, 0) is 0 Å². The Morgan fingerprint density at radius 3 is 2.80 bits per heavy atom. The molecule has 0 unspecified atom stereocenters. The molecular weight excluding hydrogens is 261 g/mol. The lowest BCUT2D eigenvalue weighted by Crippen LogP contribution is -2.27. The molecule has 6 heteroatoms. The van der Waals surface area contributed by atoms with Crippen molar-refractivity contribution in [2.45, 2.75) is 19.8 Å². The number of halogens is 1. The Kier molecular flexibility index (Phi) is 4.45. The van der Waals surface area contributed by atoms with Crippen molar-refractivity contribution in [3.05, 3.63) is 36.0 Å².